The molecule has 1 aromatic heterocycles. The second kappa shape index (κ2) is 5.53. The van der Waals surface area contributed by atoms with Gasteiger partial charge in [-0.3, -0.25) is 0 Å². The lowest BCUT2D eigenvalue weighted by molar-refractivity contribution is 0.331. The van der Waals surface area contributed by atoms with E-state index in [0.717, 1.165) is 11.1 Å². The van der Waals surface area contributed by atoms with E-state index in [1.807, 2.05) is 10.6 Å². The van der Waals surface area contributed by atoms with E-state index in [9.17, 15) is 9.50 Å². The van der Waals surface area contributed by atoms with Crippen molar-refractivity contribution in [3.63, 3.8) is 0 Å². The van der Waals surface area contributed by atoms with Gasteiger partial charge in [-0.1, -0.05) is 35.3 Å². The maximum atomic E-state index is 14.1. The Kier molecular flexibility index (Phi) is 3.42. The molecule has 27 heavy (non-hydrogen) atoms. The van der Waals surface area contributed by atoms with E-state index in [4.69, 9.17) is 28.9 Å². The normalized spacial score (nSPS) is 20.9. The summed E-state index contributed by atoms with van der Waals surface area (Å²) in [6, 6.07) is 8.36. The van der Waals surface area contributed by atoms with Crippen LogP contribution in [0.25, 0.3) is 10.8 Å². The predicted octanol–water partition coefficient (Wildman–Crippen LogP) is 4.27. The van der Waals surface area contributed by atoms with Crippen LogP contribution in [0, 0.1) is 5.82 Å². The number of nitrogens with two attached hydrogens (primary N) is 1. The zero-order chi connectivity index (χ0) is 18.9. The van der Waals surface area contributed by atoms with Gasteiger partial charge in [-0.05, 0) is 18.2 Å². The van der Waals surface area contributed by atoms with Gasteiger partial charge in [0, 0.05) is 36.2 Å². The number of rotatable bonds is 0. The maximum Gasteiger partial charge on any atom is 0.200 e. The summed E-state index contributed by atoms with van der Waals surface area (Å²) < 4.78 is 16.0. The fraction of sp³-hybridized carbons (Fsp3) is 0.211. The highest BCUT2D eigenvalue weighted by molar-refractivity contribution is 6.45. The van der Waals surface area contributed by atoms with Crippen LogP contribution >= 0.6 is 23.2 Å². The van der Waals surface area contributed by atoms with E-state index in [-0.39, 0.29) is 11.7 Å². The average Bonchev–Trinajstić information content (AvgIpc) is 2.89. The van der Waals surface area contributed by atoms with Crippen molar-refractivity contribution in [3.8, 4) is 5.88 Å². The van der Waals surface area contributed by atoms with Gasteiger partial charge in [0.25, 0.3) is 0 Å². The number of hydrogen-bond donors (Lipinski definition) is 3. The summed E-state index contributed by atoms with van der Waals surface area (Å²) in [5.41, 5.74) is 7.21. The first-order valence-electron chi connectivity index (χ1n) is 8.51. The van der Waals surface area contributed by atoms with E-state index in [0.29, 0.717) is 46.1 Å². The molecule has 3 heterocycles. The number of nitrogens with one attached hydrogen (secondary N) is 1. The van der Waals surface area contributed by atoms with Crippen LogP contribution in [0.1, 0.15) is 17.7 Å². The Morgan fingerprint density at radius 3 is 2.89 bits per heavy atom. The number of aromatic nitrogens is 1. The zero-order valence-corrected chi connectivity index (χ0v) is 15.6. The summed E-state index contributed by atoms with van der Waals surface area (Å²) in [6.45, 7) is 0.512. The van der Waals surface area contributed by atoms with Crippen LogP contribution in [0.2, 0.25) is 10.0 Å². The molecule has 0 saturated heterocycles. The zero-order valence-electron chi connectivity index (χ0n) is 14.1. The third kappa shape index (κ3) is 2.26. The molecule has 4 N–H and O–H groups in total. The number of nitrogens with zero attached hydrogens (tertiary/aromatic N) is 2. The molecule has 8 heteroatoms. The molecule has 138 valence electrons. The Labute approximate surface area is 164 Å². The van der Waals surface area contributed by atoms with Crippen molar-refractivity contribution in [2.24, 2.45) is 10.7 Å². The molecule has 2 aliphatic rings. The maximum absolute atomic E-state index is 14.1. The molecule has 3 aromatic rings. The van der Waals surface area contributed by atoms with Crippen molar-refractivity contribution in [2.75, 3.05) is 5.32 Å². The molecule has 0 radical (unpaired) electrons. The van der Waals surface area contributed by atoms with Gasteiger partial charge >= 0.3 is 0 Å². The first kappa shape index (κ1) is 16.7. The Morgan fingerprint density at radius 2 is 2.07 bits per heavy atom. The third-order valence-corrected chi connectivity index (χ3v) is 6.20. The molecule has 0 fully saturated rings. The number of aromatic hydroxyl groups is 1. The lowest BCUT2D eigenvalue weighted by atomic mass is 9.92. The minimum atomic E-state index is -0.704. The topological polar surface area (TPSA) is 75.6 Å². The van der Waals surface area contributed by atoms with Gasteiger partial charge in [0.05, 0.1) is 21.0 Å². The molecule has 1 atom stereocenters. The highest BCUT2D eigenvalue weighted by Crippen LogP contribution is 2.45. The molecule has 0 bridgehead atoms. The monoisotopic (exact) mass is 404 g/mol. The van der Waals surface area contributed by atoms with Crippen LogP contribution in [0.15, 0.2) is 35.3 Å². The number of amidine groups is 1. The summed E-state index contributed by atoms with van der Waals surface area (Å²) >= 11 is 12.4. The van der Waals surface area contributed by atoms with Crippen LogP contribution in [0.4, 0.5) is 10.1 Å². The van der Waals surface area contributed by atoms with E-state index in [1.165, 1.54) is 6.07 Å². The Hall–Kier alpha value is -2.44. The van der Waals surface area contributed by atoms with Gasteiger partial charge in [0.15, 0.2) is 0 Å². The number of aliphatic imine (C=N–C) groups is 1. The number of anilines is 1. The standard InChI is InChI=1S/C19H15Cl2FN4O/c20-10-5-4-9-13-8-19(6-7-26(13)18(27)14(9)16(10)21)24-12-3-1-2-11(22)15(12)17(23)25-19/h1-5,24,27H,6-8H2,(H2,23,25)/t19-/m1/s1. The summed E-state index contributed by atoms with van der Waals surface area (Å²) in [6.07, 6.45) is 1.05. The van der Waals surface area contributed by atoms with Crippen molar-refractivity contribution in [1.29, 1.82) is 0 Å². The molecule has 0 amide bonds. The first-order valence-corrected chi connectivity index (χ1v) is 9.26. The molecule has 1 spiro atoms. The van der Waals surface area contributed by atoms with Crippen LogP contribution < -0.4 is 11.1 Å². The third-order valence-electron chi connectivity index (χ3n) is 5.39. The summed E-state index contributed by atoms with van der Waals surface area (Å²) in [7, 11) is 0. The highest BCUT2D eigenvalue weighted by atomic mass is 35.5. The van der Waals surface area contributed by atoms with Crippen molar-refractivity contribution in [1.82, 2.24) is 4.57 Å². The van der Waals surface area contributed by atoms with Crippen molar-refractivity contribution >= 4 is 45.5 Å². The molecule has 5 nitrogen and oxygen atoms in total. The van der Waals surface area contributed by atoms with Crippen LogP contribution in [0.3, 0.4) is 0 Å². The van der Waals surface area contributed by atoms with Crippen molar-refractivity contribution in [2.45, 2.75) is 25.0 Å². The molecular formula is C19H15Cl2FN4O. The number of halogens is 3. The number of fused-ring (bicyclic) bond motifs is 4. The summed E-state index contributed by atoms with van der Waals surface area (Å²) in [5, 5.41) is 16.1. The van der Waals surface area contributed by atoms with Crippen molar-refractivity contribution in [3.05, 3.63) is 57.5 Å². The molecule has 0 aliphatic carbocycles. The van der Waals surface area contributed by atoms with Crippen molar-refractivity contribution < 1.29 is 9.50 Å². The average molecular weight is 405 g/mol. The van der Waals surface area contributed by atoms with Crippen LogP contribution in [0.5, 0.6) is 5.88 Å². The van der Waals surface area contributed by atoms with Gasteiger partial charge < -0.3 is 20.7 Å². The van der Waals surface area contributed by atoms with Gasteiger partial charge in [-0.25, -0.2) is 9.38 Å². The molecule has 0 unspecified atom stereocenters. The Balaban J connectivity index is 1.67. The fourth-order valence-electron chi connectivity index (χ4n) is 4.17. The quantitative estimate of drug-likeness (QED) is 0.523. The Morgan fingerprint density at radius 1 is 1.26 bits per heavy atom. The molecule has 5 rings (SSSR count). The fourth-order valence-corrected chi connectivity index (χ4v) is 4.57. The van der Waals surface area contributed by atoms with Gasteiger partial charge in [-0.2, -0.15) is 0 Å². The molecular weight excluding hydrogens is 390 g/mol. The SMILES string of the molecule is NC1=N[C@@]2(CCn3c(c4ccc(Cl)c(Cl)c4c3O)C2)Nc2cccc(F)c21. The number of hydrogen-bond acceptors (Lipinski definition) is 4. The predicted molar refractivity (Wildman–Crippen MR) is 105 cm³/mol. The molecule has 2 aliphatic heterocycles. The summed E-state index contributed by atoms with van der Waals surface area (Å²) in [4.78, 5) is 4.62. The molecule has 2 aromatic carbocycles. The summed E-state index contributed by atoms with van der Waals surface area (Å²) in [5.74, 6) is -0.127. The highest BCUT2D eigenvalue weighted by Gasteiger charge is 2.40. The van der Waals surface area contributed by atoms with Gasteiger partial charge in [0.1, 0.15) is 17.3 Å². The van der Waals surface area contributed by atoms with E-state index < -0.39 is 11.5 Å². The lowest BCUT2D eigenvalue weighted by Crippen LogP contribution is -2.48. The van der Waals surface area contributed by atoms with Crippen LogP contribution in [-0.4, -0.2) is 21.2 Å². The minimum Gasteiger partial charge on any atom is -0.494 e. The van der Waals surface area contributed by atoms with Crippen LogP contribution in [-0.2, 0) is 13.0 Å². The molecule has 0 saturated carbocycles. The van der Waals surface area contributed by atoms with E-state index in [2.05, 4.69) is 10.3 Å². The van der Waals surface area contributed by atoms with Gasteiger partial charge in [0.2, 0.25) is 5.88 Å². The second-order valence-electron chi connectivity index (χ2n) is 6.95. The first-order chi connectivity index (χ1) is 12.9. The second-order valence-corrected chi connectivity index (χ2v) is 7.73. The van der Waals surface area contributed by atoms with Gasteiger partial charge in [-0.15, -0.1) is 0 Å². The van der Waals surface area contributed by atoms with E-state index in [1.54, 1.807) is 18.2 Å². The van der Waals surface area contributed by atoms with E-state index >= 15 is 0 Å². The minimum absolute atomic E-state index is 0.0987. The lowest BCUT2D eigenvalue weighted by Gasteiger charge is -2.39. The Bertz CT molecular complexity index is 1160. The number of benzene rings is 2. The largest absolute Gasteiger partial charge is 0.494 e. The smallest absolute Gasteiger partial charge is 0.200 e.